The maximum atomic E-state index is 11.2. The molecule has 0 aliphatic carbocycles. The maximum Gasteiger partial charge on any atom is 0.344 e. The molecule has 1 aliphatic rings. The third-order valence-electron chi connectivity index (χ3n) is 2.88. The first-order valence-electron chi connectivity index (χ1n) is 6.53. The van der Waals surface area contributed by atoms with Crippen LogP contribution in [0.4, 0.5) is 0 Å². The number of nitrogens with one attached hydrogen (secondary N) is 1. The molecule has 1 aliphatic heterocycles. The quantitative estimate of drug-likeness (QED) is 0.793. The largest absolute Gasteiger partial charge is 0.491 e. The van der Waals surface area contributed by atoms with Crippen LogP contribution in [0.15, 0.2) is 18.2 Å². The number of hydrogen-bond acceptors (Lipinski definition) is 5. The Hall–Kier alpha value is -1.75. The van der Waals surface area contributed by atoms with Crippen LogP contribution in [0.1, 0.15) is 25.5 Å². The molecule has 0 spiro atoms. The summed E-state index contributed by atoms with van der Waals surface area (Å²) in [5, 5.41) is 3.35. The van der Waals surface area contributed by atoms with E-state index in [1.54, 1.807) is 6.92 Å². The molecule has 2 rings (SSSR count). The Morgan fingerprint density at radius 3 is 3.05 bits per heavy atom. The van der Waals surface area contributed by atoms with Gasteiger partial charge >= 0.3 is 5.97 Å². The Balaban J connectivity index is 1.96. The fraction of sp³-hybridized carbons (Fsp3) is 0.500. The van der Waals surface area contributed by atoms with E-state index in [9.17, 15) is 4.79 Å². The Labute approximate surface area is 112 Å². The van der Waals surface area contributed by atoms with Gasteiger partial charge in [-0.15, -0.1) is 0 Å². The first-order valence-corrected chi connectivity index (χ1v) is 6.53. The summed E-state index contributed by atoms with van der Waals surface area (Å²) < 4.78 is 15.8. The summed E-state index contributed by atoms with van der Waals surface area (Å²) >= 11 is 0. The molecule has 1 atom stereocenters. The second kappa shape index (κ2) is 6.43. The topological polar surface area (TPSA) is 56.8 Å². The Morgan fingerprint density at radius 2 is 2.32 bits per heavy atom. The minimum absolute atomic E-state index is 0.0801. The van der Waals surface area contributed by atoms with Gasteiger partial charge in [-0.3, -0.25) is 0 Å². The van der Waals surface area contributed by atoms with E-state index < -0.39 is 0 Å². The van der Waals surface area contributed by atoms with Crippen LogP contribution < -0.4 is 14.8 Å². The van der Waals surface area contributed by atoms with Gasteiger partial charge in [0.15, 0.2) is 6.61 Å². The second-order valence-corrected chi connectivity index (χ2v) is 4.21. The molecular weight excluding hydrogens is 246 g/mol. The van der Waals surface area contributed by atoms with Crippen LogP contribution >= 0.6 is 0 Å². The molecule has 1 aromatic carbocycles. The van der Waals surface area contributed by atoms with Gasteiger partial charge in [0.25, 0.3) is 0 Å². The van der Waals surface area contributed by atoms with Crippen LogP contribution in [0.5, 0.6) is 11.5 Å². The van der Waals surface area contributed by atoms with Gasteiger partial charge in [0.1, 0.15) is 18.1 Å². The van der Waals surface area contributed by atoms with E-state index in [-0.39, 0.29) is 18.6 Å². The fourth-order valence-corrected chi connectivity index (χ4v) is 2.04. The number of carbonyl (C=O) groups is 1. The summed E-state index contributed by atoms with van der Waals surface area (Å²) in [5.74, 6) is 1.06. The number of rotatable bonds is 6. The highest BCUT2D eigenvalue weighted by atomic mass is 16.6. The Kier molecular flexibility index (Phi) is 4.63. The molecule has 1 unspecified atom stereocenters. The van der Waals surface area contributed by atoms with Crippen molar-refractivity contribution in [2.45, 2.75) is 19.9 Å². The monoisotopic (exact) mass is 265 g/mol. The van der Waals surface area contributed by atoms with Gasteiger partial charge in [0.2, 0.25) is 0 Å². The van der Waals surface area contributed by atoms with E-state index in [2.05, 4.69) is 12.2 Å². The minimum Gasteiger partial charge on any atom is -0.491 e. The lowest BCUT2D eigenvalue weighted by molar-refractivity contribution is -0.145. The summed E-state index contributed by atoms with van der Waals surface area (Å²) in [6.07, 6.45) is 0. The Morgan fingerprint density at radius 1 is 1.47 bits per heavy atom. The zero-order chi connectivity index (χ0) is 13.7. The summed E-state index contributed by atoms with van der Waals surface area (Å²) in [4.78, 5) is 11.2. The minimum atomic E-state index is -0.366. The van der Waals surface area contributed by atoms with Crippen molar-refractivity contribution < 1.29 is 19.0 Å². The van der Waals surface area contributed by atoms with Crippen molar-refractivity contribution in [1.82, 2.24) is 5.32 Å². The van der Waals surface area contributed by atoms with Gasteiger partial charge in [-0.2, -0.15) is 0 Å². The van der Waals surface area contributed by atoms with Crippen molar-refractivity contribution in [2.75, 3.05) is 26.4 Å². The average Bonchev–Trinajstić information content (AvgIpc) is 2.80. The second-order valence-electron chi connectivity index (χ2n) is 4.21. The van der Waals surface area contributed by atoms with Gasteiger partial charge < -0.3 is 19.5 Å². The van der Waals surface area contributed by atoms with Crippen molar-refractivity contribution in [3.8, 4) is 11.5 Å². The summed E-state index contributed by atoms with van der Waals surface area (Å²) in [6.45, 7) is 5.64. The van der Waals surface area contributed by atoms with Gasteiger partial charge in [-0.25, -0.2) is 4.79 Å². The van der Waals surface area contributed by atoms with E-state index in [0.29, 0.717) is 19.0 Å². The number of fused-ring (bicyclic) bond motifs is 1. The van der Waals surface area contributed by atoms with Crippen LogP contribution in [-0.2, 0) is 9.53 Å². The third-order valence-corrected chi connectivity index (χ3v) is 2.88. The number of likely N-dealkylation sites (N-methyl/N-ethyl adjacent to an activating group) is 1. The highest BCUT2D eigenvalue weighted by Gasteiger charge is 2.23. The zero-order valence-corrected chi connectivity index (χ0v) is 11.3. The average molecular weight is 265 g/mol. The van der Waals surface area contributed by atoms with Crippen molar-refractivity contribution in [2.24, 2.45) is 0 Å². The molecule has 5 nitrogen and oxygen atoms in total. The highest BCUT2D eigenvalue weighted by molar-refractivity contribution is 5.71. The van der Waals surface area contributed by atoms with Gasteiger partial charge in [0, 0.05) is 11.6 Å². The molecule has 0 bridgehead atoms. The van der Waals surface area contributed by atoms with E-state index in [1.807, 2.05) is 18.2 Å². The molecule has 0 aromatic heterocycles. The molecule has 104 valence electrons. The summed E-state index contributed by atoms with van der Waals surface area (Å²) in [5.41, 5.74) is 1.13. The molecule has 1 heterocycles. The predicted octanol–water partition coefficient (Wildman–Crippen LogP) is 1.67. The van der Waals surface area contributed by atoms with Gasteiger partial charge in [-0.1, -0.05) is 6.92 Å². The number of hydrogen-bond donors (Lipinski definition) is 1. The van der Waals surface area contributed by atoms with Crippen molar-refractivity contribution in [3.05, 3.63) is 23.8 Å². The predicted molar refractivity (Wildman–Crippen MR) is 70.5 cm³/mol. The fourth-order valence-electron chi connectivity index (χ4n) is 2.04. The van der Waals surface area contributed by atoms with Crippen LogP contribution in [-0.4, -0.2) is 32.3 Å². The highest BCUT2D eigenvalue weighted by Crippen LogP contribution is 2.35. The summed E-state index contributed by atoms with van der Waals surface area (Å²) in [7, 11) is 0. The summed E-state index contributed by atoms with van der Waals surface area (Å²) in [6, 6.07) is 5.86. The molecule has 1 N–H and O–H groups in total. The normalized spacial score (nSPS) is 16.6. The maximum absolute atomic E-state index is 11.2. The van der Waals surface area contributed by atoms with E-state index in [1.165, 1.54) is 0 Å². The van der Waals surface area contributed by atoms with Gasteiger partial charge in [0.05, 0.1) is 12.6 Å². The van der Waals surface area contributed by atoms with Crippen molar-refractivity contribution in [1.29, 1.82) is 0 Å². The first-order chi connectivity index (χ1) is 9.24. The number of benzene rings is 1. The zero-order valence-electron chi connectivity index (χ0n) is 11.3. The van der Waals surface area contributed by atoms with Crippen LogP contribution in [0.3, 0.4) is 0 Å². The third kappa shape index (κ3) is 3.38. The molecular formula is C14H19NO4. The number of esters is 1. The molecule has 0 saturated carbocycles. The smallest absolute Gasteiger partial charge is 0.344 e. The van der Waals surface area contributed by atoms with Crippen molar-refractivity contribution in [3.63, 3.8) is 0 Å². The molecule has 5 heteroatoms. The number of ether oxygens (including phenoxy) is 3. The lowest BCUT2D eigenvalue weighted by Gasteiger charge is -2.10. The molecule has 0 amide bonds. The van der Waals surface area contributed by atoms with E-state index >= 15 is 0 Å². The molecule has 0 fully saturated rings. The molecule has 0 radical (unpaired) electrons. The van der Waals surface area contributed by atoms with Crippen LogP contribution in [0.2, 0.25) is 0 Å². The lowest BCUT2D eigenvalue weighted by Crippen LogP contribution is -2.21. The van der Waals surface area contributed by atoms with Crippen LogP contribution in [0.25, 0.3) is 0 Å². The standard InChI is InChI=1S/C14H19NO4/c1-3-15-12-8-19-13-7-10(5-6-11(12)13)18-9-14(16)17-4-2/h5-7,12,15H,3-4,8-9H2,1-2H3. The Bertz CT molecular complexity index is 447. The SMILES string of the molecule is CCNC1COc2cc(OCC(=O)OCC)ccc21. The molecule has 0 saturated heterocycles. The molecule has 1 aromatic rings. The lowest BCUT2D eigenvalue weighted by atomic mass is 10.1. The van der Waals surface area contributed by atoms with Crippen LogP contribution in [0, 0.1) is 0 Å². The van der Waals surface area contributed by atoms with E-state index in [0.717, 1.165) is 17.9 Å². The molecule has 19 heavy (non-hydrogen) atoms. The van der Waals surface area contributed by atoms with E-state index in [4.69, 9.17) is 14.2 Å². The first kappa shape index (κ1) is 13.7. The number of carbonyl (C=O) groups excluding carboxylic acids is 1. The van der Waals surface area contributed by atoms with Crippen molar-refractivity contribution >= 4 is 5.97 Å². The van der Waals surface area contributed by atoms with Gasteiger partial charge in [-0.05, 0) is 25.6 Å².